The largest absolute Gasteiger partial charge is 0.467 e. The molecule has 2 heterocycles. The summed E-state index contributed by atoms with van der Waals surface area (Å²) in [6, 6.07) is 2.92. The summed E-state index contributed by atoms with van der Waals surface area (Å²) in [5.41, 5.74) is 1.35. The van der Waals surface area contributed by atoms with E-state index in [-0.39, 0.29) is 36.6 Å². The lowest BCUT2D eigenvalue weighted by molar-refractivity contribution is -0.385. The number of non-ortho nitro benzene ring substituents is 1. The zero-order chi connectivity index (χ0) is 17.3. The van der Waals surface area contributed by atoms with E-state index in [1.807, 2.05) is 11.8 Å². The number of hydrogen-bond donors (Lipinski definition) is 0. The normalized spacial score (nSPS) is 22.2. The molecule has 0 amide bonds. The van der Waals surface area contributed by atoms with E-state index in [9.17, 15) is 18.5 Å². The molecule has 1 atom stereocenters. The van der Waals surface area contributed by atoms with Crippen LogP contribution in [0.15, 0.2) is 12.1 Å². The second-order valence-electron chi connectivity index (χ2n) is 6.08. The number of hydrogen-bond acceptors (Lipinski definition) is 7. The predicted molar refractivity (Wildman–Crippen MR) is 86.5 cm³/mol. The summed E-state index contributed by atoms with van der Waals surface area (Å²) in [5.74, 6) is 0.958. The molecule has 0 bridgehead atoms. The molecule has 1 unspecified atom stereocenters. The van der Waals surface area contributed by atoms with E-state index in [2.05, 4.69) is 0 Å². The Hall–Kier alpha value is -1.71. The Morgan fingerprint density at radius 3 is 2.83 bits per heavy atom. The summed E-state index contributed by atoms with van der Waals surface area (Å²) in [4.78, 5) is 12.8. The van der Waals surface area contributed by atoms with Crippen LogP contribution in [0.3, 0.4) is 0 Å². The molecule has 0 spiro atoms. The number of rotatable bonds is 5. The monoisotopic (exact) mass is 356 g/mol. The van der Waals surface area contributed by atoms with E-state index in [0.717, 1.165) is 0 Å². The number of benzene rings is 1. The number of nitro groups is 1. The molecule has 1 aromatic rings. The van der Waals surface area contributed by atoms with Gasteiger partial charge in [-0.05, 0) is 13.0 Å². The Morgan fingerprint density at radius 2 is 2.21 bits per heavy atom. The number of ether oxygens (including phenoxy) is 2. The van der Waals surface area contributed by atoms with Crippen LogP contribution in [0.2, 0.25) is 0 Å². The Bertz CT molecular complexity index is 749. The summed E-state index contributed by atoms with van der Waals surface area (Å²) in [5, 5.41) is 11.2. The van der Waals surface area contributed by atoms with Gasteiger partial charge in [0.1, 0.15) is 5.75 Å². The topological polar surface area (TPSA) is 99.0 Å². The van der Waals surface area contributed by atoms with E-state index in [4.69, 9.17) is 9.47 Å². The highest BCUT2D eigenvalue weighted by atomic mass is 32.2. The van der Waals surface area contributed by atoms with E-state index >= 15 is 0 Å². The first kappa shape index (κ1) is 17.1. The van der Waals surface area contributed by atoms with E-state index < -0.39 is 14.8 Å². The maximum absolute atomic E-state index is 11.7. The van der Waals surface area contributed by atoms with Crippen molar-refractivity contribution in [2.75, 3.05) is 24.8 Å². The van der Waals surface area contributed by atoms with Crippen LogP contribution in [0.25, 0.3) is 0 Å². The molecule has 1 saturated heterocycles. The quantitative estimate of drug-likeness (QED) is 0.582. The highest BCUT2D eigenvalue weighted by Crippen LogP contribution is 2.34. The minimum absolute atomic E-state index is 0.00653. The number of fused-ring (bicyclic) bond motifs is 1. The Morgan fingerprint density at radius 1 is 1.42 bits per heavy atom. The number of sulfone groups is 1. The van der Waals surface area contributed by atoms with Gasteiger partial charge in [-0.1, -0.05) is 6.92 Å². The van der Waals surface area contributed by atoms with Crippen LogP contribution in [0.4, 0.5) is 5.69 Å². The summed E-state index contributed by atoms with van der Waals surface area (Å²) < 4.78 is 34.2. The van der Waals surface area contributed by atoms with Crippen LogP contribution in [-0.2, 0) is 27.7 Å². The highest BCUT2D eigenvalue weighted by Gasteiger charge is 2.32. The van der Waals surface area contributed by atoms with Crippen LogP contribution in [0, 0.1) is 10.1 Å². The fourth-order valence-electron chi connectivity index (χ4n) is 3.28. The average molecular weight is 356 g/mol. The molecule has 1 aromatic carbocycles. The third kappa shape index (κ3) is 3.52. The summed E-state index contributed by atoms with van der Waals surface area (Å²) in [6.45, 7) is 3.42. The van der Waals surface area contributed by atoms with Crippen LogP contribution in [-0.4, -0.2) is 49.1 Å². The fraction of sp³-hybridized carbons (Fsp3) is 0.600. The van der Waals surface area contributed by atoms with Crippen molar-refractivity contribution in [3.8, 4) is 5.75 Å². The van der Waals surface area contributed by atoms with Gasteiger partial charge >= 0.3 is 0 Å². The first-order valence-electron chi connectivity index (χ1n) is 7.85. The molecular weight excluding hydrogens is 336 g/mol. The van der Waals surface area contributed by atoms with Crippen LogP contribution < -0.4 is 4.74 Å². The third-order valence-electron chi connectivity index (χ3n) is 4.49. The molecule has 2 aliphatic heterocycles. The van der Waals surface area contributed by atoms with Crippen LogP contribution in [0.1, 0.15) is 24.5 Å². The van der Waals surface area contributed by atoms with Crippen molar-refractivity contribution in [3.05, 3.63) is 33.4 Å². The zero-order valence-electron chi connectivity index (χ0n) is 13.4. The lowest BCUT2D eigenvalue weighted by atomic mass is 10.1. The maximum Gasteiger partial charge on any atom is 0.270 e. The molecule has 8 nitrogen and oxygen atoms in total. The third-order valence-corrected chi connectivity index (χ3v) is 6.24. The van der Waals surface area contributed by atoms with Crippen molar-refractivity contribution in [2.24, 2.45) is 0 Å². The number of nitro benzene ring substituents is 1. The second kappa shape index (κ2) is 6.66. The van der Waals surface area contributed by atoms with Gasteiger partial charge in [0.2, 0.25) is 0 Å². The van der Waals surface area contributed by atoms with Crippen molar-refractivity contribution in [2.45, 2.75) is 32.5 Å². The van der Waals surface area contributed by atoms with Gasteiger partial charge < -0.3 is 9.47 Å². The van der Waals surface area contributed by atoms with Gasteiger partial charge in [-0.25, -0.2) is 8.42 Å². The summed E-state index contributed by atoms with van der Waals surface area (Å²) >= 11 is 0. The summed E-state index contributed by atoms with van der Waals surface area (Å²) in [6.07, 6.45) is 0.595. The second-order valence-corrected chi connectivity index (χ2v) is 8.31. The molecule has 0 aliphatic carbocycles. The Labute approximate surface area is 140 Å². The van der Waals surface area contributed by atoms with Gasteiger partial charge in [-0.3, -0.25) is 15.0 Å². The molecule has 1 fully saturated rings. The SMILES string of the molecule is CCN(Cc1cc([N+](=O)[O-])cc2c1OCOC2)C1CCS(=O)(=O)C1. The lowest BCUT2D eigenvalue weighted by Crippen LogP contribution is -2.35. The van der Waals surface area contributed by atoms with E-state index in [1.165, 1.54) is 12.1 Å². The molecular formula is C15H20N2O6S. The molecule has 24 heavy (non-hydrogen) atoms. The van der Waals surface area contributed by atoms with Crippen molar-refractivity contribution >= 4 is 15.5 Å². The number of nitrogens with zero attached hydrogens (tertiary/aromatic N) is 2. The van der Waals surface area contributed by atoms with Crippen molar-refractivity contribution in [1.82, 2.24) is 4.90 Å². The molecule has 0 N–H and O–H groups in total. The van der Waals surface area contributed by atoms with Crippen LogP contribution in [0.5, 0.6) is 5.75 Å². The minimum Gasteiger partial charge on any atom is -0.467 e. The predicted octanol–water partition coefficient (Wildman–Crippen LogP) is 1.47. The zero-order valence-corrected chi connectivity index (χ0v) is 14.3. The molecule has 0 radical (unpaired) electrons. The first-order valence-corrected chi connectivity index (χ1v) is 9.67. The standard InChI is InChI=1S/C15H20N2O6S/c1-2-16(13-3-4-24(20,21)9-13)7-11-5-14(17(18)19)6-12-8-22-10-23-15(11)12/h5-6,13H,2-4,7-10H2,1H3. The van der Waals surface area contributed by atoms with Gasteiger partial charge in [-0.2, -0.15) is 0 Å². The molecule has 9 heteroatoms. The van der Waals surface area contributed by atoms with Gasteiger partial charge in [0.15, 0.2) is 16.6 Å². The maximum atomic E-state index is 11.7. The molecule has 0 aromatic heterocycles. The average Bonchev–Trinajstić information content (AvgIpc) is 2.91. The summed E-state index contributed by atoms with van der Waals surface area (Å²) in [7, 11) is -2.98. The van der Waals surface area contributed by atoms with Gasteiger partial charge in [-0.15, -0.1) is 0 Å². The smallest absolute Gasteiger partial charge is 0.270 e. The van der Waals surface area contributed by atoms with E-state index in [1.54, 1.807) is 0 Å². The Balaban J connectivity index is 1.90. The van der Waals surface area contributed by atoms with Gasteiger partial charge in [0.25, 0.3) is 5.69 Å². The van der Waals surface area contributed by atoms with Crippen molar-refractivity contribution in [3.63, 3.8) is 0 Å². The van der Waals surface area contributed by atoms with E-state index in [0.29, 0.717) is 36.4 Å². The van der Waals surface area contributed by atoms with Crippen molar-refractivity contribution < 1.29 is 22.8 Å². The minimum atomic E-state index is -2.98. The fourth-order valence-corrected chi connectivity index (χ4v) is 5.05. The molecule has 0 saturated carbocycles. The first-order chi connectivity index (χ1) is 11.4. The molecule has 132 valence electrons. The Kier molecular flexibility index (Phi) is 4.75. The lowest BCUT2D eigenvalue weighted by Gasteiger charge is -2.28. The van der Waals surface area contributed by atoms with Gasteiger partial charge in [0.05, 0.1) is 23.0 Å². The molecule has 3 rings (SSSR count). The highest BCUT2D eigenvalue weighted by molar-refractivity contribution is 7.91. The van der Waals surface area contributed by atoms with Crippen LogP contribution >= 0.6 is 0 Å². The van der Waals surface area contributed by atoms with Gasteiger partial charge in [0, 0.05) is 35.8 Å². The van der Waals surface area contributed by atoms with Crippen molar-refractivity contribution in [1.29, 1.82) is 0 Å². The molecule has 2 aliphatic rings.